The predicted octanol–water partition coefficient (Wildman–Crippen LogP) is 9.55. The average Bonchev–Trinajstić information content (AvgIpc) is 3.61. The number of anilines is 1. The van der Waals surface area contributed by atoms with Gasteiger partial charge in [-0.1, -0.05) is 97.1 Å². The maximum absolute atomic E-state index is 12.7. The lowest BCUT2D eigenvalue weighted by Crippen LogP contribution is -2.30. The van der Waals surface area contributed by atoms with Crippen molar-refractivity contribution in [1.82, 2.24) is 14.3 Å². The molecule has 5 aromatic rings. The molecule has 1 aromatic heterocycles. The van der Waals surface area contributed by atoms with Gasteiger partial charge in [-0.2, -0.15) is 8.42 Å². The van der Waals surface area contributed by atoms with E-state index in [1.54, 1.807) is 12.1 Å². The number of rotatable bonds is 7. The van der Waals surface area contributed by atoms with Crippen molar-refractivity contribution < 1.29 is 13.5 Å². The highest BCUT2D eigenvalue weighted by atomic mass is 35.5. The molecular formula is C37H34Cl2N4O3S. The lowest BCUT2D eigenvalue weighted by atomic mass is 9.76. The molecule has 240 valence electrons. The van der Waals surface area contributed by atoms with E-state index in [4.69, 9.17) is 28.2 Å². The molecule has 2 aliphatic rings. The Morgan fingerprint density at radius 1 is 0.894 bits per heavy atom. The van der Waals surface area contributed by atoms with E-state index in [0.717, 1.165) is 45.5 Å². The maximum Gasteiger partial charge on any atom is 0.330 e. The summed E-state index contributed by atoms with van der Waals surface area (Å²) < 4.78 is 30.6. The van der Waals surface area contributed by atoms with Crippen LogP contribution >= 0.6 is 23.2 Å². The molecule has 0 amide bonds. The highest BCUT2D eigenvalue weighted by molar-refractivity contribution is 7.91. The van der Waals surface area contributed by atoms with E-state index in [1.165, 1.54) is 36.6 Å². The van der Waals surface area contributed by atoms with Crippen LogP contribution in [0.5, 0.6) is 0 Å². The van der Waals surface area contributed by atoms with Gasteiger partial charge in [0.2, 0.25) is 5.88 Å². The van der Waals surface area contributed by atoms with Crippen molar-refractivity contribution in [3.05, 3.63) is 136 Å². The molecule has 47 heavy (non-hydrogen) atoms. The fraction of sp³-hybridized carbons (Fsp3) is 0.216. The van der Waals surface area contributed by atoms with Gasteiger partial charge in [0.15, 0.2) is 0 Å². The summed E-state index contributed by atoms with van der Waals surface area (Å²) in [5.41, 5.74) is 7.02. The average molecular weight is 686 g/mol. The van der Waals surface area contributed by atoms with E-state index < -0.39 is 16.1 Å². The second kappa shape index (κ2) is 12.8. The molecule has 10 heteroatoms. The fourth-order valence-electron chi connectivity index (χ4n) is 6.88. The molecule has 1 unspecified atom stereocenters. The summed E-state index contributed by atoms with van der Waals surface area (Å²) in [6, 6.07) is 30.2. The maximum atomic E-state index is 12.7. The van der Waals surface area contributed by atoms with E-state index in [2.05, 4.69) is 57.8 Å². The second-order valence-corrected chi connectivity index (χ2v) is 14.6. The van der Waals surface area contributed by atoms with Crippen LogP contribution in [-0.4, -0.2) is 23.1 Å². The van der Waals surface area contributed by atoms with Crippen molar-refractivity contribution in [2.45, 2.75) is 44.9 Å². The number of benzene rings is 4. The second-order valence-electron chi connectivity index (χ2n) is 12.2. The van der Waals surface area contributed by atoms with Crippen molar-refractivity contribution in [3.63, 3.8) is 0 Å². The zero-order valence-corrected chi connectivity index (χ0v) is 28.1. The lowest BCUT2D eigenvalue weighted by Gasteiger charge is -2.31. The van der Waals surface area contributed by atoms with Crippen LogP contribution in [-0.2, 0) is 10.2 Å². The number of nitrogens with zero attached hydrogens (tertiary/aromatic N) is 3. The quantitative estimate of drug-likeness (QED) is 0.179. The third-order valence-electron chi connectivity index (χ3n) is 9.14. The number of aryl methyl sites for hydroxylation is 1. The Balaban J connectivity index is 1.38. The van der Waals surface area contributed by atoms with Gasteiger partial charge in [0.1, 0.15) is 5.82 Å². The number of imidazole rings is 1. The van der Waals surface area contributed by atoms with Crippen LogP contribution in [0.4, 0.5) is 5.69 Å². The van der Waals surface area contributed by atoms with Crippen molar-refractivity contribution in [1.29, 1.82) is 0 Å². The number of aliphatic hydroxyl groups is 1. The van der Waals surface area contributed by atoms with Gasteiger partial charge in [-0.3, -0.25) is 0 Å². The van der Waals surface area contributed by atoms with Gasteiger partial charge in [-0.25, -0.2) is 14.0 Å². The summed E-state index contributed by atoms with van der Waals surface area (Å²) in [6.07, 6.45) is 8.95. The summed E-state index contributed by atoms with van der Waals surface area (Å²) in [6.45, 7) is 1.85. The van der Waals surface area contributed by atoms with Gasteiger partial charge in [-0.15, -0.1) is 0 Å². The van der Waals surface area contributed by atoms with E-state index in [9.17, 15) is 13.5 Å². The van der Waals surface area contributed by atoms with Gasteiger partial charge < -0.3 is 9.67 Å². The van der Waals surface area contributed by atoms with Crippen LogP contribution < -0.4 is 9.03 Å². The zero-order chi connectivity index (χ0) is 32.7. The third-order valence-corrected chi connectivity index (χ3v) is 11.0. The fourth-order valence-corrected chi connectivity index (χ4v) is 8.51. The van der Waals surface area contributed by atoms with E-state index in [1.807, 2.05) is 43.5 Å². The Bertz CT molecular complexity index is 2070. The largest absolute Gasteiger partial charge is 0.493 e. The van der Waals surface area contributed by atoms with Gasteiger partial charge in [0, 0.05) is 28.4 Å². The number of halogens is 2. The molecule has 7 nitrogen and oxygen atoms in total. The molecule has 4 aromatic carbocycles. The van der Waals surface area contributed by atoms with E-state index >= 15 is 0 Å². The Morgan fingerprint density at radius 2 is 1.62 bits per heavy atom. The molecule has 1 fully saturated rings. The first-order valence-corrected chi connectivity index (χ1v) is 17.9. The standard InChI is InChI=1S/C37H34Cl2N4O3S/c1-24-20-30(17-19-34(24)43-23-35(44)41-47(43,45)46)42-22-33(31-18-16-29(38)21-32(31)39)40-37(42)36(27-10-6-3-7-11-27)28-14-12-26(13-15-28)25-8-4-2-5-9-25/h2,4-5,8-9,12-23,27,36,41,44H,3,6-7,10-11H2,1H3. The molecule has 0 bridgehead atoms. The van der Waals surface area contributed by atoms with Gasteiger partial charge >= 0.3 is 10.2 Å². The van der Waals surface area contributed by atoms with Crippen LogP contribution in [0.15, 0.2) is 109 Å². The minimum Gasteiger partial charge on any atom is -0.493 e. The van der Waals surface area contributed by atoms with Crippen LogP contribution in [0.25, 0.3) is 28.1 Å². The molecule has 1 saturated carbocycles. The lowest BCUT2D eigenvalue weighted by molar-refractivity contribution is 0.320. The van der Waals surface area contributed by atoms with Crippen molar-refractivity contribution in [2.75, 3.05) is 4.31 Å². The highest BCUT2D eigenvalue weighted by Crippen LogP contribution is 2.43. The monoisotopic (exact) mass is 684 g/mol. The molecule has 1 aliphatic carbocycles. The number of hydrogen-bond acceptors (Lipinski definition) is 4. The Morgan fingerprint density at radius 3 is 2.28 bits per heavy atom. The molecule has 0 saturated heterocycles. The normalized spacial score (nSPS) is 16.9. The molecule has 0 spiro atoms. The minimum atomic E-state index is -3.93. The Kier molecular flexibility index (Phi) is 8.51. The summed E-state index contributed by atoms with van der Waals surface area (Å²) >= 11 is 13.0. The number of nitrogens with one attached hydrogen (secondary N) is 1. The zero-order valence-electron chi connectivity index (χ0n) is 25.8. The van der Waals surface area contributed by atoms with Crippen LogP contribution in [0.1, 0.15) is 55.0 Å². The number of aliphatic hydroxyl groups excluding tert-OH is 1. The molecular weight excluding hydrogens is 651 g/mol. The summed E-state index contributed by atoms with van der Waals surface area (Å²) in [7, 11) is -3.93. The summed E-state index contributed by atoms with van der Waals surface area (Å²) in [4.78, 5) is 5.32. The minimum absolute atomic E-state index is 0.00275. The Hall–Kier alpha value is -4.24. The van der Waals surface area contributed by atoms with E-state index in [-0.39, 0.29) is 5.92 Å². The topological polar surface area (TPSA) is 87.5 Å². The van der Waals surface area contributed by atoms with E-state index in [0.29, 0.717) is 27.2 Å². The molecule has 1 aliphatic heterocycles. The summed E-state index contributed by atoms with van der Waals surface area (Å²) in [5, 5.41) is 10.9. The molecule has 1 atom stereocenters. The van der Waals surface area contributed by atoms with Gasteiger partial charge in [0.05, 0.1) is 22.6 Å². The summed E-state index contributed by atoms with van der Waals surface area (Å²) in [5.74, 6) is 0.854. The SMILES string of the molecule is Cc1cc(-n2cc(-c3ccc(Cl)cc3Cl)nc2C(c2ccc(-c3ccccc3)cc2)C2CCCCC2)ccc1N1C=C(O)NS1(=O)=O. The van der Waals surface area contributed by atoms with Crippen LogP contribution in [0, 0.1) is 12.8 Å². The third kappa shape index (κ3) is 6.25. The molecule has 2 heterocycles. The van der Waals surface area contributed by atoms with Crippen molar-refractivity contribution in [3.8, 4) is 28.1 Å². The number of hydrogen-bond donors (Lipinski definition) is 2. The molecule has 0 radical (unpaired) electrons. The molecule has 2 N–H and O–H groups in total. The van der Waals surface area contributed by atoms with Gasteiger partial charge in [-0.05, 0) is 84.3 Å². The molecule has 7 rings (SSSR count). The van der Waals surface area contributed by atoms with Crippen LogP contribution in [0.3, 0.4) is 0 Å². The van der Waals surface area contributed by atoms with Crippen molar-refractivity contribution in [2.24, 2.45) is 5.92 Å². The predicted molar refractivity (Wildman–Crippen MR) is 189 cm³/mol. The van der Waals surface area contributed by atoms with Gasteiger partial charge in [0.25, 0.3) is 0 Å². The Labute approximate surface area is 285 Å². The first kappa shape index (κ1) is 31.4. The van der Waals surface area contributed by atoms with Crippen LogP contribution in [0.2, 0.25) is 10.0 Å². The smallest absolute Gasteiger partial charge is 0.330 e. The first-order valence-electron chi connectivity index (χ1n) is 15.7. The first-order chi connectivity index (χ1) is 22.7. The number of aromatic nitrogens is 2. The highest BCUT2D eigenvalue weighted by Gasteiger charge is 2.33. The van der Waals surface area contributed by atoms with Crippen molar-refractivity contribution >= 4 is 39.1 Å².